The van der Waals surface area contributed by atoms with E-state index in [-0.39, 0.29) is 17.8 Å². The van der Waals surface area contributed by atoms with Crippen LogP contribution in [0.1, 0.15) is 36.0 Å². The molecule has 1 saturated carbocycles. The number of benzene rings is 2. The molecule has 0 radical (unpaired) electrons. The summed E-state index contributed by atoms with van der Waals surface area (Å²) in [5, 5.41) is 0. The molecule has 2 aromatic carbocycles. The lowest BCUT2D eigenvalue weighted by Gasteiger charge is -2.36. The van der Waals surface area contributed by atoms with Crippen LogP contribution < -0.4 is 14.4 Å². The molecule has 2 aromatic rings. The van der Waals surface area contributed by atoms with Gasteiger partial charge in [0.15, 0.2) is 11.5 Å². The van der Waals surface area contributed by atoms with E-state index in [4.69, 9.17) is 9.47 Å². The Morgan fingerprint density at radius 2 is 1.72 bits per heavy atom. The number of halogens is 1. The molecule has 0 aromatic heterocycles. The van der Waals surface area contributed by atoms with E-state index in [1.165, 1.54) is 18.9 Å². The number of para-hydroxylation sites is 1. The summed E-state index contributed by atoms with van der Waals surface area (Å²) < 4.78 is 25.5. The smallest absolute Gasteiger partial charge is 0.254 e. The van der Waals surface area contributed by atoms with E-state index >= 15 is 0 Å². The van der Waals surface area contributed by atoms with Gasteiger partial charge in [-0.05, 0) is 56.0 Å². The SMILES string of the molecule is COc1cc(C(=O)N2CCN(c3ccccc3F)CC2)ccc1OC1CCCC1. The van der Waals surface area contributed by atoms with E-state index < -0.39 is 0 Å². The lowest BCUT2D eigenvalue weighted by atomic mass is 10.1. The van der Waals surface area contributed by atoms with E-state index in [1.54, 1.807) is 31.4 Å². The Bertz CT molecular complexity index is 859. The van der Waals surface area contributed by atoms with Crippen LogP contribution in [-0.2, 0) is 0 Å². The molecule has 0 bridgehead atoms. The van der Waals surface area contributed by atoms with Gasteiger partial charge in [0.25, 0.3) is 5.91 Å². The van der Waals surface area contributed by atoms with E-state index in [2.05, 4.69) is 0 Å². The fourth-order valence-corrected chi connectivity index (χ4v) is 4.12. The van der Waals surface area contributed by atoms with Crippen molar-refractivity contribution in [2.75, 3.05) is 38.2 Å². The van der Waals surface area contributed by atoms with Gasteiger partial charge >= 0.3 is 0 Å². The van der Waals surface area contributed by atoms with Crippen LogP contribution in [0.3, 0.4) is 0 Å². The normalized spacial score (nSPS) is 17.4. The number of carbonyl (C=O) groups excluding carboxylic acids is 1. The Morgan fingerprint density at radius 3 is 2.41 bits per heavy atom. The maximum atomic E-state index is 14.0. The van der Waals surface area contributed by atoms with Crippen LogP contribution in [0.25, 0.3) is 0 Å². The van der Waals surface area contributed by atoms with Gasteiger partial charge in [-0.3, -0.25) is 4.79 Å². The van der Waals surface area contributed by atoms with Crippen molar-refractivity contribution >= 4 is 11.6 Å². The van der Waals surface area contributed by atoms with Crippen LogP contribution in [0, 0.1) is 5.82 Å². The number of piperazine rings is 1. The molecule has 1 saturated heterocycles. The molecular weight excluding hydrogens is 371 g/mol. The Hall–Kier alpha value is -2.76. The van der Waals surface area contributed by atoms with Gasteiger partial charge in [0, 0.05) is 31.7 Å². The maximum Gasteiger partial charge on any atom is 0.254 e. The van der Waals surface area contributed by atoms with Gasteiger partial charge in [0.2, 0.25) is 0 Å². The van der Waals surface area contributed by atoms with Crippen molar-refractivity contribution in [3.05, 3.63) is 53.8 Å². The largest absolute Gasteiger partial charge is 0.493 e. The summed E-state index contributed by atoms with van der Waals surface area (Å²) in [7, 11) is 1.60. The molecule has 2 fully saturated rings. The average molecular weight is 398 g/mol. The minimum Gasteiger partial charge on any atom is -0.493 e. The van der Waals surface area contributed by atoms with Crippen LogP contribution in [0.2, 0.25) is 0 Å². The number of hydrogen-bond acceptors (Lipinski definition) is 4. The number of ether oxygens (including phenoxy) is 2. The second-order valence-electron chi connectivity index (χ2n) is 7.62. The Balaban J connectivity index is 1.41. The van der Waals surface area contributed by atoms with Crippen LogP contribution in [-0.4, -0.2) is 50.2 Å². The summed E-state index contributed by atoms with van der Waals surface area (Å²) in [5.41, 5.74) is 1.18. The van der Waals surface area contributed by atoms with Crippen molar-refractivity contribution in [2.45, 2.75) is 31.8 Å². The zero-order chi connectivity index (χ0) is 20.2. The molecule has 1 amide bonds. The molecule has 0 N–H and O–H groups in total. The average Bonchev–Trinajstić information content (AvgIpc) is 3.27. The molecule has 1 aliphatic heterocycles. The Kier molecular flexibility index (Phi) is 5.88. The molecular formula is C23H27FN2O3. The molecule has 4 rings (SSSR count). The van der Waals surface area contributed by atoms with Crippen molar-refractivity contribution < 1.29 is 18.7 Å². The second-order valence-corrected chi connectivity index (χ2v) is 7.62. The monoisotopic (exact) mass is 398 g/mol. The third-order valence-corrected chi connectivity index (χ3v) is 5.77. The predicted octanol–water partition coefficient (Wildman–Crippen LogP) is 4.12. The lowest BCUT2D eigenvalue weighted by Crippen LogP contribution is -2.49. The lowest BCUT2D eigenvalue weighted by molar-refractivity contribution is 0.0746. The van der Waals surface area contributed by atoms with Gasteiger partial charge in [0.05, 0.1) is 18.9 Å². The quantitative estimate of drug-likeness (QED) is 0.760. The summed E-state index contributed by atoms with van der Waals surface area (Å²) in [6, 6.07) is 12.2. The number of amides is 1. The van der Waals surface area contributed by atoms with Crippen LogP contribution in [0.15, 0.2) is 42.5 Å². The molecule has 154 valence electrons. The van der Waals surface area contributed by atoms with Gasteiger partial charge in [-0.25, -0.2) is 4.39 Å². The number of hydrogen-bond donors (Lipinski definition) is 0. The number of methoxy groups -OCH3 is 1. The summed E-state index contributed by atoms with van der Waals surface area (Å²) in [4.78, 5) is 16.8. The maximum absolute atomic E-state index is 14.0. The first-order valence-electron chi connectivity index (χ1n) is 10.3. The van der Waals surface area contributed by atoms with Crippen molar-refractivity contribution in [1.29, 1.82) is 0 Å². The zero-order valence-electron chi connectivity index (χ0n) is 16.8. The number of anilines is 1. The highest BCUT2D eigenvalue weighted by Crippen LogP contribution is 2.33. The molecule has 1 aliphatic carbocycles. The zero-order valence-corrected chi connectivity index (χ0v) is 16.8. The highest BCUT2D eigenvalue weighted by Gasteiger charge is 2.25. The van der Waals surface area contributed by atoms with Crippen molar-refractivity contribution in [3.8, 4) is 11.5 Å². The van der Waals surface area contributed by atoms with E-state index in [1.807, 2.05) is 21.9 Å². The Morgan fingerprint density at radius 1 is 1.00 bits per heavy atom. The number of rotatable bonds is 5. The summed E-state index contributed by atoms with van der Waals surface area (Å²) in [6.07, 6.45) is 4.76. The van der Waals surface area contributed by atoms with Gasteiger partial charge in [0.1, 0.15) is 5.82 Å². The third-order valence-electron chi connectivity index (χ3n) is 5.77. The molecule has 2 aliphatic rings. The summed E-state index contributed by atoms with van der Waals surface area (Å²) in [6.45, 7) is 2.31. The van der Waals surface area contributed by atoms with E-state index in [0.29, 0.717) is 48.9 Å². The highest BCUT2D eigenvalue weighted by molar-refractivity contribution is 5.95. The van der Waals surface area contributed by atoms with Crippen molar-refractivity contribution in [1.82, 2.24) is 4.90 Å². The van der Waals surface area contributed by atoms with Crippen molar-refractivity contribution in [3.63, 3.8) is 0 Å². The molecule has 5 nitrogen and oxygen atoms in total. The fourth-order valence-electron chi connectivity index (χ4n) is 4.12. The fraction of sp³-hybridized carbons (Fsp3) is 0.435. The first-order chi connectivity index (χ1) is 14.2. The highest BCUT2D eigenvalue weighted by atomic mass is 19.1. The topological polar surface area (TPSA) is 42.0 Å². The molecule has 0 atom stereocenters. The molecule has 0 spiro atoms. The van der Waals surface area contributed by atoms with Gasteiger partial charge < -0.3 is 19.3 Å². The first-order valence-corrected chi connectivity index (χ1v) is 10.3. The Labute approximate surface area is 171 Å². The van der Waals surface area contributed by atoms with Gasteiger partial charge in [-0.15, -0.1) is 0 Å². The van der Waals surface area contributed by atoms with Crippen LogP contribution in [0.4, 0.5) is 10.1 Å². The second kappa shape index (κ2) is 8.72. The molecule has 0 unspecified atom stereocenters. The molecule has 1 heterocycles. The van der Waals surface area contributed by atoms with Crippen LogP contribution in [0.5, 0.6) is 11.5 Å². The summed E-state index contributed by atoms with van der Waals surface area (Å²) >= 11 is 0. The van der Waals surface area contributed by atoms with E-state index in [0.717, 1.165) is 12.8 Å². The van der Waals surface area contributed by atoms with Gasteiger partial charge in [-0.1, -0.05) is 12.1 Å². The molecule has 29 heavy (non-hydrogen) atoms. The molecule has 6 heteroatoms. The van der Waals surface area contributed by atoms with Gasteiger partial charge in [-0.2, -0.15) is 0 Å². The van der Waals surface area contributed by atoms with E-state index in [9.17, 15) is 9.18 Å². The number of nitrogens with zero attached hydrogens (tertiary/aromatic N) is 2. The standard InChI is InChI=1S/C23H27FN2O3/c1-28-22-16-17(10-11-21(22)29-18-6-2-3-7-18)23(27)26-14-12-25(13-15-26)20-9-5-4-8-19(20)24/h4-5,8-11,16,18H,2-3,6-7,12-15H2,1H3. The van der Waals surface area contributed by atoms with Crippen molar-refractivity contribution in [2.24, 2.45) is 0 Å². The predicted molar refractivity (Wildman–Crippen MR) is 110 cm³/mol. The minimum absolute atomic E-state index is 0.0381. The third kappa shape index (κ3) is 4.31. The first kappa shape index (κ1) is 19.6. The summed E-state index contributed by atoms with van der Waals surface area (Å²) in [5.74, 6) is 1.02. The number of carbonyl (C=O) groups is 1. The van der Waals surface area contributed by atoms with Crippen LogP contribution >= 0.6 is 0 Å². The minimum atomic E-state index is -0.227.